The number of halogens is 2. The molecule has 0 radical (unpaired) electrons. The fraction of sp³-hybridized carbons (Fsp3) is 0.679. The fourth-order valence-corrected chi connectivity index (χ4v) is 5.91. The molecule has 210 valence electrons. The number of carbonyl (C=O) groups is 1. The third kappa shape index (κ3) is 13.2. The Kier molecular flexibility index (Phi) is 13.7. The van der Waals surface area contributed by atoms with Crippen LogP contribution in [-0.2, 0) is 4.74 Å². The molecule has 0 aromatic carbocycles. The molecule has 2 unspecified atom stereocenters. The van der Waals surface area contributed by atoms with Crippen LogP contribution in [-0.4, -0.2) is 41.8 Å². The van der Waals surface area contributed by atoms with Crippen molar-refractivity contribution in [1.82, 2.24) is 15.5 Å². The summed E-state index contributed by atoms with van der Waals surface area (Å²) in [4.78, 5) is 16.8. The van der Waals surface area contributed by atoms with Crippen LogP contribution in [0, 0.1) is 0 Å². The molecule has 9 heteroatoms. The molecular weight excluding hydrogens is 545 g/mol. The van der Waals surface area contributed by atoms with Crippen molar-refractivity contribution in [2.24, 2.45) is 0 Å². The molecule has 2 aliphatic rings. The second kappa shape index (κ2) is 15.7. The summed E-state index contributed by atoms with van der Waals surface area (Å²) < 4.78 is 5.26. The van der Waals surface area contributed by atoms with Crippen molar-refractivity contribution >= 4 is 52.0 Å². The Labute approximate surface area is 242 Å². The molecule has 2 heterocycles. The number of hydrogen-bond donors (Lipinski definition) is 2. The molecule has 1 amide bonds. The van der Waals surface area contributed by atoms with E-state index >= 15 is 0 Å². The first-order valence-corrected chi connectivity index (χ1v) is 15.9. The van der Waals surface area contributed by atoms with E-state index in [9.17, 15) is 4.79 Å². The van der Waals surface area contributed by atoms with Gasteiger partial charge in [0.15, 0.2) is 0 Å². The van der Waals surface area contributed by atoms with Gasteiger partial charge in [-0.15, -0.1) is 22.7 Å². The first kappa shape index (κ1) is 32.4. The molecule has 4 rings (SSSR count). The van der Waals surface area contributed by atoms with Gasteiger partial charge in [0.25, 0.3) is 0 Å². The number of thiophene rings is 2. The maximum atomic E-state index is 11.7. The monoisotopic (exact) mass is 589 g/mol. The summed E-state index contributed by atoms with van der Waals surface area (Å²) in [5.74, 6) is 0. The molecule has 2 atom stereocenters. The zero-order chi connectivity index (χ0) is 27.6. The quantitative estimate of drug-likeness (QED) is 0.306. The van der Waals surface area contributed by atoms with Crippen molar-refractivity contribution in [2.75, 3.05) is 13.1 Å². The Hall–Kier alpha value is -0.830. The number of amides is 1. The second-order valence-electron chi connectivity index (χ2n) is 10.8. The van der Waals surface area contributed by atoms with Gasteiger partial charge in [-0.3, -0.25) is 4.90 Å². The molecule has 0 bridgehead atoms. The van der Waals surface area contributed by atoms with Gasteiger partial charge in [0, 0.05) is 57.8 Å². The molecule has 2 fully saturated rings. The van der Waals surface area contributed by atoms with Gasteiger partial charge in [-0.1, -0.05) is 43.5 Å². The number of alkyl carbamates (subject to hydrolysis) is 1. The lowest BCUT2D eigenvalue weighted by Crippen LogP contribution is -2.39. The van der Waals surface area contributed by atoms with Crippen molar-refractivity contribution in [3.63, 3.8) is 0 Å². The van der Waals surface area contributed by atoms with Gasteiger partial charge in [0.2, 0.25) is 0 Å². The van der Waals surface area contributed by atoms with Crippen molar-refractivity contribution < 1.29 is 9.53 Å². The Morgan fingerprint density at radius 1 is 1.05 bits per heavy atom. The minimum atomic E-state index is -0.457. The van der Waals surface area contributed by atoms with E-state index in [-0.39, 0.29) is 6.09 Å². The summed E-state index contributed by atoms with van der Waals surface area (Å²) in [5.41, 5.74) is -0.457. The Bertz CT molecular complexity index is 936. The lowest BCUT2D eigenvalue weighted by molar-refractivity contribution is 0.0517. The van der Waals surface area contributed by atoms with E-state index in [1.54, 1.807) is 22.7 Å². The third-order valence-corrected chi connectivity index (χ3v) is 8.54. The Morgan fingerprint density at radius 2 is 1.59 bits per heavy atom. The molecule has 37 heavy (non-hydrogen) atoms. The predicted molar refractivity (Wildman–Crippen MR) is 162 cm³/mol. The summed E-state index contributed by atoms with van der Waals surface area (Å²) in [7, 11) is 0. The van der Waals surface area contributed by atoms with Gasteiger partial charge in [-0.2, -0.15) is 0 Å². The molecule has 2 saturated carbocycles. The van der Waals surface area contributed by atoms with E-state index in [0.717, 1.165) is 22.6 Å². The Balaban J connectivity index is 0.000000268. The van der Waals surface area contributed by atoms with Crippen LogP contribution in [0.15, 0.2) is 22.9 Å². The van der Waals surface area contributed by atoms with Gasteiger partial charge in [-0.05, 0) is 72.4 Å². The molecule has 0 saturated heterocycles. The van der Waals surface area contributed by atoms with Crippen LogP contribution >= 0.6 is 45.9 Å². The van der Waals surface area contributed by atoms with Gasteiger partial charge < -0.3 is 15.4 Å². The van der Waals surface area contributed by atoms with E-state index in [4.69, 9.17) is 27.9 Å². The maximum Gasteiger partial charge on any atom is 0.407 e. The number of rotatable bonds is 9. The number of carbonyl (C=O) groups excluding carboxylic acids is 1. The average molecular weight is 591 g/mol. The van der Waals surface area contributed by atoms with Crippen LogP contribution in [0.4, 0.5) is 4.79 Å². The standard InChI is InChI=1S/C16H25ClN2O2S.C9H12ClNS.C3H8/c1-11(14-9-12(17)10-22-14)19(13-5-6-13)8-7-18-15(20)21-16(2,3)4;1-6(11-8-2-3-8)9-4-7(10)5-12-9;1-3-2/h9-11,13H,5-8H2,1-4H3,(H,18,20);4-6,8,11H,2-3H2,1H3;3H2,1-2H3. The number of nitrogens with one attached hydrogen (secondary N) is 2. The highest BCUT2D eigenvalue weighted by Crippen LogP contribution is 2.36. The highest BCUT2D eigenvalue weighted by atomic mass is 35.5. The van der Waals surface area contributed by atoms with Crippen LogP contribution in [0.1, 0.15) is 102 Å². The van der Waals surface area contributed by atoms with Crippen LogP contribution in [0.2, 0.25) is 10.0 Å². The molecule has 2 aromatic rings. The topological polar surface area (TPSA) is 53.6 Å². The smallest absolute Gasteiger partial charge is 0.407 e. The van der Waals surface area contributed by atoms with Gasteiger partial charge in [0.05, 0.1) is 10.0 Å². The zero-order valence-corrected chi connectivity index (χ0v) is 26.5. The number of hydrogen-bond acceptors (Lipinski definition) is 6. The van der Waals surface area contributed by atoms with Crippen molar-refractivity contribution in [3.8, 4) is 0 Å². The van der Waals surface area contributed by atoms with Crippen molar-refractivity contribution in [2.45, 2.75) is 110 Å². The fourth-order valence-electron chi connectivity index (χ4n) is 3.65. The lowest BCUT2D eigenvalue weighted by Gasteiger charge is -2.28. The van der Waals surface area contributed by atoms with E-state index in [0.29, 0.717) is 24.7 Å². The van der Waals surface area contributed by atoms with E-state index in [1.165, 1.54) is 41.9 Å². The van der Waals surface area contributed by atoms with Gasteiger partial charge in [-0.25, -0.2) is 4.79 Å². The van der Waals surface area contributed by atoms with Gasteiger partial charge in [0.1, 0.15) is 5.60 Å². The van der Waals surface area contributed by atoms with Crippen LogP contribution in [0.25, 0.3) is 0 Å². The summed E-state index contributed by atoms with van der Waals surface area (Å²) in [6, 6.07) is 6.26. The van der Waals surface area contributed by atoms with Crippen molar-refractivity contribution in [1.29, 1.82) is 0 Å². The highest BCUT2D eigenvalue weighted by molar-refractivity contribution is 7.10. The summed E-state index contributed by atoms with van der Waals surface area (Å²) >= 11 is 15.3. The minimum Gasteiger partial charge on any atom is -0.444 e. The van der Waals surface area contributed by atoms with E-state index in [1.807, 2.05) is 43.7 Å². The lowest BCUT2D eigenvalue weighted by atomic mass is 10.2. The largest absolute Gasteiger partial charge is 0.444 e. The normalized spacial score (nSPS) is 16.7. The molecule has 2 N–H and O–H groups in total. The minimum absolute atomic E-state index is 0.324. The zero-order valence-electron chi connectivity index (χ0n) is 23.4. The third-order valence-electron chi connectivity index (χ3n) is 5.63. The first-order valence-electron chi connectivity index (χ1n) is 13.4. The predicted octanol–water partition coefficient (Wildman–Crippen LogP) is 9.08. The molecule has 2 aromatic heterocycles. The summed E-state index contributed by atoms with van der Waals surface area (Å²) in [6.45, 7) is 15.7. The van der Waals surface area contributed by atoms with Crippen molar-refractivity contribution in [3.05, 3.63) is 42.7 Å². The highest BCUT2D eigenvalue weighted by Gasteiger charge is 2.33. The number of nitrogens with zero attached hydrogens (tertiary/aromatic N) is 1. The maximum absolute atomic E-state index is 11.7. The van der Waals surface area contributed by atoms with Crippen LogP contribution < -0.4 is 10.6 Å². The molecule has 2 aliphatic carbocycles. The molecular formula is C28H45Cl2N3O2S2. The van der Waals surface area contributed by atoms with Crippen LogP contribution in [0.3, 0.4) is 0 Å². The summed E-state index contributed by atoms with van der Waals surface area (Å²) in [5, 5.41) is 12.0. The van der Waals surface area contributed by atoms with E-state index in [2.05, 4.69) is 43.2 Å². The van der Waals surface area contributed by atoms with Gasteiger partial charge >= 0.3 is 6.09 Å². The second-order valence-corrected chi connectivity index (χ2v) is 13.5. The summed E-state index contributed by atoms with van der Waals surface area (Å²) in [6.07, 6.45) is 6.04. The SMILES string of the molecule is CC(NC1CC1)c1cc(Cl)cs1.CC(c1cc(Cl)cs1)N(CCNC(=O)OC(C)(C)C)C1CC1.CCC. The molecule has 0 aliphatic heterocycles. The first-order chi connectivity index (χ1) is 17.4. The van der Waals surface area contributed by atoms with Crippen LogP contribution in [0.5, 0.6) is 0 Å². The average Bonchev–Trinajstić information content (AvgIpc) is 3.72. The van der Waals surface area contributed by atoms with E-state index < -0.39 is 5.60 Å². The Morgan fingerprint density at radius 3 is 2.03 bits per heavy atom. The molecule has 5 nitrogen and oxygen atoms in total. The number of ether oxygens (including phenoxy) is 1. The molecule has 0 spiro atoms.